The summed E-state index contributed by atoms with van der Waals surface area (Å²) in [4.78, 5) is 12.6. The minimum Gasteiger partial charge on any atom is -0.492 e. The summed E-state index contributed by atoms with van der Waals surface area (Å²) >= 11 is 5.96. The van der Waals surface area contributed by atoms with E-state index in [1.165, 1.54) is 18.2 Å². The van der Waals surface area contributed by atoms with Gasteiger partial charge in [-0.1, -0.05) is 11.6 Å². The van der Waals surface area contributed by atoms with Crippen molar-refractivity contribution in [2.45, 2.75) is 37.0 Å². The zero-order valence-electron chi connectivity index (χ0n) is 18.7. The van der Waals surface area contributed by atoms with Crippen LogP contribution in [0.2, 0.25) is 5.02 Å². The number of sulfonamides is 1. The molecule has 0 saturated carbocycles. The lowest BCUT2D eigenvalue weighted by atomic mass is 9.98. The number of carbonyl (C=O) groups is 1. The quantitative estimate of drug-likeness (QED) is 0.454. The van der Waals surface area contributed by atoms with E-state index in [1.54, 1.807) is 6.92 Å². The van der Waals surface area contributed by atoms with E-state index in [9.17, 15) is 39.6 Å². The molecule has 0 spiro atoms. The van der Waals surface area contributed by atoms with Gasteiger partial charge >= 0.3 is 12.4 Å². The topological polar surface area (TPSA) is 75.7 Å². The number of hydrogen-bond donors (Lipinski definition) is 1. The molecule has 0 bridgehead atoms. The smallest absolute Gasteiger partial charge is 0.416 e. The Balaban J connectivity index is 1.85. The Morgan fingerprint density at radius 1 is 1.08 bits per heavy atom. The summed E-state index contributed by atoms with van der Waals surface area (Å²) in [5.41, 5.74) is -3.86. The van der Waals surface area contributed by atoms with Crippen LogP contribution in [-0.2, 0) is 27.2 Å². The van der Waals surface area contributed by atoms with Crippen LogP contribution in [-0.4, -0.2) is 38.3 Å². The van der Waals surface area contributed by atoms with E-state index in [2.05, 4.69) is 5.32 Å². The first-order valence-corrected chi connectivity index (χ1v) is 12.5. The Morgan fingerprint density at radius 2 is 1.69 bits per heavy atom. The number of alkyl halides is 6. The van der Waals surface area contributed by atoms with Crippen LogP contribution in [0, 0.1) is 5.92 Å². The van der Waals surface area contributed by atoms with E-state index in [1.807, 2.05) is 0 Å². The van der Waals surface area contributed by atoms with Crippen LogP contribution in [0.5, 0.6) is 5.75 Å². The number of anilines is 1. The molecular formula is C22H21ClF6N2O4S. The summed E-state index contributed by atoms with van der Waals surface area (Å²) in [6, 6.07) is 4.77. The van der Waals surface area contributed by atoms with Crippen LogP contribution in [0.25, 0.3) is 0 Å². The van der Waals surface area contributed by atoms with Crippen LogP contribution in [0.3, 0.4) is 0 Å². The molecule has 0 unspecified atom stereocenters. The highest BCUT2D eigenvalue weighted by molar-refractivity contribution is 7.89. The molecule has 14 heteroatoms. The zero-order chi connectivity index (χ0) is 26.9. The monoisotopic (exact) mass is 558 g/mol. The maximum absolute atomic E-state index is 13.3. The number of benzene rings is 2. The van der Waals surface area contributed by atoms with Crippen molar-refractivity contribution >= 4 is 33.2 Å². The number of carbonyl (C=O) groups excluding carboxylic acids is 1. The molecule has 1 saturated heterocycles. The number of hydrogen-bond acceptors (Lipinski definition) is 4. The Labute approximate surface area is 208 Å². The van der Waals surface area contributed by atoms with E-state index < -0.39 is 51.0 Å². The Bertz CT molecular complexity index is 1200. The highest BCUT2D eigenvalue weighted by atomic mass is 35.5. The van der Waals surface area contributed by atoms with Gasteiger partial charge in [0.15, 0.2) is 0 Å². The van der Waals surface area contributed by atoms with E-state index >= 15 is 0 Å². The predicted octanol–water partition coefficient (Wildman–Crippen LogP) is 5.82. The van der Waals surface area contributed by atoms with Crippen molar-refractivity contribution in [3.63, 3.8) is 0 Å². The number of nitrogens with one attached hydrogen (secondary N) is 1. The first kappa shape index (κ1) is 28.1. The van der Waals surface area contributed by atoms with E-state index in [0.29, 0.717) is 12.1 Å². The number of ether oxygens (including phenoxy) is 1. The molecule has 6 nitrogen and oxygen atoms in total. The van der Waals surface area contributed by atoms with Crippen LogP contribution < -0.4 is 10.1 Å². The van der Waals surface area contributed by atoms with Gasteiger partial charge in [0.2, 0.25) is 15.9 Å². The van der Waals surface area contributed by atoms with E-state index in [4.69, 9.17) is 16.3 Å². The van der Waals surface area contributed by atoms with Gasteiger partial charge in [-0.2, -0.15) is 30.6 Å². The Morgan fingerprint density at radius 3 is 2.25 bits per heavy atom. The van der Waals surface area contributed by atoms with Gasteiger partial charge in [0.05, 0.1) is 23.7 Å². The van der Waals surface area contributed by atoms with Crippen LogP contribution in [0.15, 0.2) is 41.3 Å². The van der Waals surface area contributed by atoms with Gasteiger partial charge in [-0.05, 0) is 56.2 Å². The molecule has 1 amide bonds. The molecule has 36 heavy (non-hydrogen) atoms. The number of rotatable bonds is 6. The second kappa shape index (κ2) is 10.5. The summed E-state index contributed by atoms with van der Waals surface area (Å²) in [6.07, 6.45) is -9.74. The fraction of sp³-hybridized carbons (Fsp3) is 0.409. The molecular weight excluding hydrogens is 538 g/mol. The minimum absolute atomic E-state index is 0.0476. The van der Waals surface area contributed by atoms with Gasteiger partial charge in [0, 0.05) is 23.8 Å². The molecule has 0 aromatic heterocycles. The summed E-state index contributed by atoms with van der Waals surface area (Å²) in [6.45, 7) is 1.54. The third-order valence-electron chi connectivity index (χ3n) is 5.43. The fourth-order valence-corrected chi connectivity index (χ4v) is 5.66. The predicted molar refractivity (Wildman–Crippen MR) is 119 cm³/mol. The van der Waals surface area contributed by atoms with E-state index in [-0.39, 0.29) is 54.3 Å². The van der Waals surface area contributed by atoms with Crippen LogP contribution in [0.1, 0.15) is 30.9 Å². The number of amides is 1. The fourth-order valence-electron chi connectivity index (χ4n) is 3.74. The SMILES string of the molecule is CCOc1ccc(Cl)cc1S(=O)(=O)N1CCC[C@H](C(=O)Nc2cc(C(F)(F)F)cc(C(F)(F)F)c2)C1. The normalized spacial score (nSPS) is 17.6. The molecule has 1 N–H and O–H groups in total. The standard InChI is InChI=1S/C22H21ClF6N2O4S/c1-2-35-18-6-5-16(23)11-19(18)36(33,34)31-7-3-4-13(12-31)20(32)30-17-9-14(21(24,25)26)8-15(10-17)22(27,28)29/h5-6,8-11,13H,2-4,7,12H2,1H3,(H,30,32)/t13-/m0/s1. The molecule has 2 aromatic rings. The van der Waals surface area contributed by atoms with Crippen LogP contribution >= 0.6 is 11.6 Å². The highest BCUT2D eigenvalue weighted by Gasteiger charge is 2.38. The Kier molecular flexibility index (Phi) is 8.16. The van der Waals surface area contributed by atoms with Gasteiger partial charge in [0.25, 0.3) is 0 Å². The molecule has 2 aromatic carbocycles. The largest absolute Gasteiger partial charge is 0.492 e. The van der Waals surface area contributed by atoms with Gasteiger partial charge in [-0.3, -0.25) is 4.79 Å². The molecule has 1 atom stereocenters. The maximum atomic E-state index is 13.3. The van der Waals surface area contributed by atoms with Crippen molar-refractivity contribution in [3.8, 4) is 5.75 Å². The molecule has 1 fully saturated rings. The third kappa shape index (κ3) is 6.43. The molecule has 1 aliphatic heterocycles. The molecule has 0 radical (unpaired) electrons. The lowest BCUT2D eigenvalue weighted by molar-refractivity contribution is -0.143. The summed E-state index contributed by atoms with van der Waals surface area (Å²) in [5.74, 6) is -1.87. The second-order valence-electron chi connectivity index (χ2n) is 8.01. The molecule has 1 heterocycles. The van der Waals surface area contributed by atoms with Gasteiger partial charge in [-0.25, -0.2) is 8.42 Å². The Hall–Kier alpha value is -2.51. The summed E-state index contributed by atoms with van der Waals surface area (Å²) < 4.78 is 112. The second-order valence-corrected chi connectivity index (χ2v) is 10.4. The van der Waals surface area contributed by atoms with Crippen molar-refractivity contribution in [1.29, 1.82) is 0 Å². The van der Waals surface area contributed by atoms with Crippen molar-refractivity contribution in [1.82, 2.24) is 4.31 Å². The number of nitrogens with zero attached hydrogens (tertiary/aromatic N) is 1. The molecule has 1 aliphatic rings. The zero-order valence-corrected chi connectivity index (χ0v) is 20.3. The van der Waals surface area contributed by atoms with Crippen molar-refractivity contribution in [2.75, 3.05) is 25.0 Å². The summed E-state index contributed by atoms with van der Waals surface area (Å²) in [5, 5.41) is 2.22. The molecule has 198 valence electrons. The number of halogens is 7. The average molecular weight is 559 g/mol. The van der Waals surface area contributed by atoms with Gasteiger partial charge in [-0.15, -0.1) is 0 Å². The lowest BCUT2D eigenvalue weighted by Crippen LogP contribution is -2.43. The van der Waals surface area contributed by atoms with Crippen molar-refractivity contribution in [2.24, 2.45) is 5.92 Å². The molecule has 0 aliphatic carbocycles. The molecule has 3 rings (SSSR count). The first-order valence-electron chi connectivity index (χ1n) is 10.7. The lowest BCUT2D eigenvalue weighted by Gasteiger charge is -2.31. The van der Waals surface area contributed by atoms with Crippen molar-refractivity contribution < 1.29 is 44.3 Å². The number of piperidine rings is 1. The average Bonchev–Trinajstić information content (AvgIpc) is 2.79. The van der Waals surface area contributed by atoms with Gasteiger partial charge < -0.3 is 10.1 Å². The van der Waals surface area contributed by atoms with E-state index in [0.717, 1.165) is 4.31 Å². The van der Waals surface area contributed by atoms with Crippen molar-refractivity contribution in [3.05, 3.63) is 52.5 Å². The minimum atomic E-state index is -5.08. The highest BCUT2D eigenvalue weighted by Crippen LogP contribution is 2.38. The van der Waals surface area contributed by atoms with Gasteiger partial charge in [0.1, 0.15) is 10.6 Å². The first-order chi connectivity index (χ1) is 16.6. The third-order valence-corrected chi connectivity index (χ3v) is 7.55. The maximum Gasteiger partial charge on any atom is 0.416 e. The van der Waals surface area contributed by atoms with Crippen LogP contribution in [0.4, 0.5) is 32.0 Å². The summed E-state index contributed by atoms with van der Waals surface area (Å²) in [7, 11) is -4.18.